The van der Waals surface area contributed by atoms with Gasteiger partial charge in [-0.25, -0.2) is 0 Å². The summed E-state index contributed by atoms with van der Waals surface area (Å²) in [6, 6.07) is 81.4. The van der Waals surface area contributed by atoms with Gasteiger partial charge < -0.3 is 13.7 Å². The summed E-state index contributed by atoms with van der Waals surface area (Å²) in [5.74, 6) is 0. The number of nitrogens with zero attached hydrogens (tertiary/aromatic N) is 6. The van der Waals surface area contributed by atoms with E-state index in [1.165, 1.54) is 53.5 Å². The Morgan fingerprint density at radius 1 is 0.370 bits per heavy atom. The molecular formula is C66H38N6S. The van der Waals surface area contributed by atoms with Crippen LogP contribution in [0.25, 0.3) is 105 Å². The fourth-order valence-corrected chi connectivity index (χ4v) is 13.8. The summed E-state index contributed by atoms with van der Waals surface area (Å²) >= 11 is 1.83. The molecule has 1 aliphatic carbocycles. The van der Waals surface area contributed by atoms with Gasteiger partial charge in [0.15, 0.2) is 0 Å². The molecule has 0 bridgehead atoms. The molecule has 0 radical (unpaired) electrons. The van der Waals surface area contributed by atoms with E-state index in [1.54, 1.807) is 0 Å². The average molecular weight is 947 g/mol. The van der Waals surface area contributed by atoms with Crippen LogP contribution in [0.3, 0.4) is 0 Å². The van der Waals surface area contributed by atoms with Crippen molar-refractivity contribution in [2.24, 2.45) is 0 Å². The Morgan fingerprint density at radius 3 is 1.56 bits per heavy atom. The summed E-state index contributed by atoms with van der Waals surface area (Å²) in [5, 5.41) is 17.3. The number of fused-ring (bicyclic) bond motifs is 18. The van der Waals surface area contributed by atoms with E-state index in [4.69, 9.17) is 9.97 Å². The Bertz CT molecular complexity index is 4650. The molecule has 73 heavy (non-hydrogen) atoms. The molecule has 0 N–H and O–H groups in total. The maximum absolute atomic E-state index is 10.3. The standard InChI is InChI=1S/C66H38N6S/c67-38-40-26-29-60-50(33-40)51-34-41(27-30-61(51)71(60)44-14-11-13-43(36-44)70-56-21-6-1-15-46(56)47-16-2-7-22-57(47)70)42-28-31-63-54(35-42)66(52-19-5-10-25-62(52)73-63)53-20-12-32-68-64(53)65-55(66)37-45(39-69-65)72-58-23-8-3-17-48(58)49-18-4-9-24-59(49)72/h1-37,39H. The maximum atomic E-state index is 10.3. The van der Waals surface area contributed by atoms with Gasteiger partial charge in [0.05, 0.1) is 73.4 Å². The molecule has 0 amide bonds. The quantitative estimate of drug-likeness (QED) is 0.176. The first-order valence-electron chi connectivity index (χ1n) is 24.6. The van der Waals surface area contributed by atoms with Crippen LogP contribution >= 0.6 is 11.8 Å². The van der Waals surface area contributed by atoms with E-state index in [1.807, 2.05) is 36.3 Å². The molecule has 16 rings (SSSR count). The molecule has 1 aliphatic heterocycles. The van der Waals surface area contributed by atoms with Gasteiger partial charge in [-0.1, -0.05) is 127 Å². The molecule has 0 saturated heterocycles. The van der Waals surface area contributed by atoms with Crippen LogP contribution in [-0.4, -0.2) is 23.7 Å². The lowest BCUT2D eigenvalue weighted by Crippen LogP contribution is -2.32. The lowest BCUT2D eigenvalue weighted by Gasteiger charge is -2.39. The van der Waals surface area contributed by atoms with E-state index < -0.39 is 5.41 Å². The van der Waals surface area contributed by atoms with Gasteiger partial charge in [0.2, 0.25) is 0 Å². The van der Waals surface area contributed by atoms with Crippen LogP contribution in [0, 0.1) is 11.3 Å². The van der Waals surface area contributed by atoms with Crippen LogP contribution < -0.4 is 0 Å². The number of rotatable bonds is 4. The largest absolute Gasteiger partial charge is 0.309 e. The van der Waals surface area contributed by atoms with Crippen molar-refractivity contribution in [3.8, 4) is 45.6 Å². The van der Waals surface area contributed by atoms with Crippen molar-refractivity contribution >= 4 is 77.2 Å². The Kier molecular flexibility index (Phi) is 8.28. The van der Waals surface area contributed by atoms with Crippen molar-refractivity contribution in [3.05, 3.63) is 259 Å². The molecule has 2 aliphatic rings. The van der Waals surface area contributed by atoms with E-state index >= 15 is 0 Å². The number of benzene rings is 9. The summed E-state index contributed by atoms with van der Waals surface area (Å²) < 4.78 is 7.09. The normalized spacial score (nSPS) is 14.6. The van der Waals surface area contributed by atoms with Crippen molar-refractivity contribution in [2.75, 3.05) is 0 Å². The molecule has 0 saturated carbocycles. The highest BCUT2D eigenvalue weighted by Crippen LogP contribution is 2.62. The van der Waals surface area contributed by atoms with Crippen molar-refractivity contribution in [2.45, 2.75) is 15.2 Å². The monoisotopic (exact) mass is 946 g/mol. The summed E-state index contributed by atoms with van der Waals surface area (Å²) in [7, 11) is 0. The zero-order chi connectivity index (χ0) is 47.9. The number of pyridine rings is 2. The van der Waals surface area contributed by atoms with Crippen LogP contribution in [-0.2, 0) is 5.41 Å². The second kappa shape index (κ2) is 15.0. The molecule has 6 heterocycles. The van der Waals surface area contributed by atoms with Crippen molar-refractivity contribution in [3.63, 3.8) is 0 Å². The van der Waals surface area contributed by atoms with Crippen LogP contribution in [0.4, 0.5) is 0 Å². The number of nitriles is 1. The Labute approximate surface area is 423 Å². The number of hydrogen-bond acceptors (Lipinski definition) is 4. The lowest BCUT2D eigenvalue weighted by atomic mass is 9.67. The first kappa shape index (κ1) is 40.3. The van der Waals surface area contributed by atoms with Crippen LogP contribution in [0.5, 0.6) is 0 Å². The maximum Gasteiger partial charge on any atom is 0.0991 e. The molecule has 338 valence electrons. The SMILES string of the molecule is N#Cc1ccc2c(c1)c1cc(-c3ccc4c(c3)C3(c5ccccc5S4)c4cccnc4-c4ncc(-n5c6ccccc6c6ccccc65)cc43)ccc1n2-c1cccc(-n2c3ccccc3c3ccccc32)c1. The minimum absolute atomic E-state index is 0.628. The summed E-state index contributed by atoms with van der Waals surface area (Å²) in [6.45, 7) is 0. The number of aromatic nitrogens is 5. The summed E-state index contributed by atoms with van der Waals surface area (Å²) in [6.07, 6.45) is 3.93. The molecule has 1 atom stereocenters. The highest BCUT2D eigenvalue weighted by molar-refractivity contribution is 7.99. The van der Waals surface area contributed by atoms with Gasteiger partial charge in [-0.15, -0.1) is 0 Å². The van der Waals surface area contributed by atoms with Crippen LogP contribution in [0.2, 0.25) is 0 Å². The van der Waals surface area contributed by atoms with Crippen molar-refractivity contribution < 1.29 is 0 Å². The van der Waals surface area contributed by atoms with E-state index in [2.05, 4.69) is 226 Å². The zero-order valence-corrected chi connectivity index (χ0v) is 39.8. The van der Waals surface area contributed by atoms with E-state index in [0.717, 1.165) is 83.5 Å². The fourth-order valence-electron chi connectivity index (χ4n) is 12.6. The third-order valence-electron chi connectivity index (χ3n) is 15.6. The Morgan fingerprint density at radius 2 is 0.890 bits per heavy atom. The molecule has 7 heteroatoms. The summed E-state index contributed by atoms with van der Waals surface area (Å²) in [5.41, 5.74) is 18.5. The van der Waals surface area contributed by atoms with Gasteiger partial charge in [0, 0.05) is 65.2 Å². The van der Waals surface area contributed by atoms with Gasteiger partial charge in [-0.2, -0.15) is 5.26 Å². The fraction of sp³-hybridized carbons (Fsp3) is 0.0152. The lowest BCUT2D eigenvalue weighted by molar-refractivity contribution is 0.719. The molecule has 9 aromatic carbocycles. The average Bonchev–Trinajstić information content (AvgIpc) is 4.17. The minimum atomic E-state index is -0.711. The van der Waals surface area contributed by atoms with Gasteiger partial charge >= 0.3 is 0 Å². The van der Waals surface area contributed by atoms with Crippen LogP contribution in [0.1, 0.15) is 27.8 Å². The van der Waals surface area contributed by atoms with Crippen molar-refractivity contribution in [1.29, 1.82) is 5.26 Å². The molecule has 6 nitrogen and oxygen atoms in total. The number of hydrogen-bond donors (Lipinski definition) is 0. The minimum Gasteiger partial charge on any atom is -0.309 e. The molecule has 5 aromatic heterocycles. The second-order valence-electron chi connectivity index (χ2n) is 19.2. The predicted molar refractivity (Wildman–Crippen MR) is 297 cm³/mol. The molecular weight excluding hydrogens is 909 g/mol. The van der Waals surface area contributed by atoms with Gasteiger partial charge in [0.1, 0.15) is 0 Å². The highest BCUT2D eigenvalue weighted by Gasteiger charge is 2.52. The highest BCUT2D eigenvalue weighted by atomic mass is 32.2. The van der Waals surface area contributed by atoms with Gasteiger partial charge in [0.25, 0.3) is 0 Å². The second-order valence-corrected chi connectivity index (χ2v) is 20.3. The van der Waals surface area contributed by atoms with E-state index in [9.17, 15) is 5.26 Å². The van der Waals surface area contributed by atoms with Crippen LogP contribution in [0.15, 0.2) is 241 Å². The third-order valence-corrected chi connectivity index (χ3v) is 16.8. The van der Waals surface area contributed by atoms with Crippen molar-refractivity contribution in [1.82, 2.24) is 23.7 Å². The predicted octanol–water partition coefficient (Wildman–Crippen LogP) is 16.1. The zero-order valence-electron chi connectivity index (χ0n) is 39.0. The Balaban J connectivity index is 0.903. The summed E-state index contributed by atoms with van der Waals surface area (Å²) in [4.78, 5) is 12.9. The Hall–Kier alpha value is -9.48. The van der Waals surface area contributed by atoms with Gasteiger partial charge in [-0.05, 0) is 131 Å². The van der Waals surface area contributed by atoms with E-state index in [-0.39, 0.29) is 0 Å². The van der Waals surface area contributed by atoms with Gasteiger partial charge in [-0.3, -0.25) is 9.97 Å². The van der Waals surface area contributed by atoms with E-state index in [0.29, 0.717) is 5.56 Å². The third kappa shape index (κ3) is 5.47. The molecule has 1 unspecified atom stereocenters. The first-order valence-corrected chi connectivity index (χ1v) is 25.4. The number of para-hydroxylation sites is 4. The molecule has 0 fully saturated rings. The topological polar surface area (TPSA) is 64.4 Å². The first-order chi connectivity index (χ1) is 36.2. The molecule has 1 spiro atoms. The smallest absolute Gasteiger partial charge is 0.0991 e. The molecule has 14 aromatic rings.